The Morgan fingerprint density at radius 3 is 3.00 bits per heavy atom. The Morgan fingerprint density at radius 2 is 2.33 bits per heavy atom. The van der Waals surface area contributed by atoms with Gasteiger partial charge >= 0.3 is 0 Å². The van der Waals surface area contributed by atoms with Gasteiger partial charge in [0.05, 0.1) is 6.54 Å². The minimum Gasteiger partial charge on any atom is -0.463 e. The summed E-state index contributed by atoms with van der Waals surface area (Å²) in [6, 6.07) is 0.742. The fourth-order valence-corrected chi connectivity index (χ4v) is 1.19. The lowest BCUT2D eigenvalue weighted by molar-refractivity contribution is 0.331. The molecule has 3 heteroatoms. The molecule has 0 saturated carbocycles. The lowest BCUT2D eigenvalue weighted by atomic mass is 10.2. The van der Waals surface area contributed by atoms with Crippen molar-refractivity contribution in [1.82, 2.24) is 5.32 Å². The van der Waals surface area contributed by atoms with Crippen LogP contribution in [0.5, 0.6) is 0 Å². The Bertz CT molecular complexity index is 145. The monoisotopic (exact) mass is 170 g/mol. The van der Waals surface area contributed by atoms with Crippen LogP contribution in [0.25, 0.3) is 0 Å². The zero-order chi connectivity index (χ0) is 8.65. The lowest BCUT2D eigenvalue weighted by Gasteiger charge is -2.04. The lowest BCUT2D eigenvalue weighted by Crippen LogP contribution is -2.24. The summed E-state index contributed by atoms with van der Waals surface area (Å²) >= 11 is 0. The molecule has 1 aliphatic rings. The van der Waals surface area contributed by atoms with Gasteiger partial charge in [-0.15, -0.1) is 0 Å². The number of aliphatic imine (C=N–C) groups is 1. The van der Waals surface area contributed by atoms with Crippen LogP contribution in [0, 0.1) is 0 Å². The molecular weight excluding hydrogens is 152 g/mol. The van der Waals surface area contributed by atoms with Crippen molar-refractivity contribution in [3.05, 3.63) is 0 Å². The highest BCUT2D eigenvalue weighted by atomic mass is 16.5. The highest BCUT2D eigenvalue weighted by molar-refractivity contribution is 5.74. The molecule has 0 aromatic rings. The molecule has 0 amide bonds. The summed E-state index contributed by atoms with van der Waals surface area (Å²) < 4.78 is 5.20. The van der Waals surface area contributed by atoms with Crippen molar-refractivity contribution in [2.45, 2.75) is 32.6 Å². The zero-order valence-electron chi connectivity index (χ0n) is 7.81. The number of ether oxygens (including phenoxy) is 1. The maximum atomic E-state index is 5.20. The molecule has 70 valence electrons. The van der Waals surface area contributed by atoms with E-state index < -0.39 is 0 Å². The van der Waals surface area contributed by atoms with Gasteiger partial charge < -0.3 is 10.1 Å². The molecule has 0 spiro atoms. The van der Waals surface area contributed by atoms with E-state index in [4.69, 9.17) is 4.74 Å². The summed E-state index contributed by atoms with van der Waals surface area (Å²) in [6.07, 6.45) is 5.14. The molecule has 1 rings (SSSR count). The second kappa shape index (κ2) is 5.86. The molecule has 0 saturated heterocycles. The van der Waals surface area contributed by atoms with Crippen LogP contribution in [0.4, 0.5) is 0 Å². The smallest absolute Gasteiger partial charge is 0.284 e. The minimum absolute atomic E-state index is 0.742. The Labute approximate surface area is 74.2 Å². The molecule has 0 bridgehead atoms. The van der Waals surface area contributed by atoms with Crippen LogP contribution in [-0.4, -0.2) is 25.7 Å². The van der Waals surface area contributed by atoms with Crippen LogP contribution in [0.3, 0.4) is 0 Å². The molecular formula is C9H18N2O. The third-order valence-corrected chi connectivity index (χ3v) is 1.89. The van der Waals surface area contributed by atoms with Gasteiger partial charge in [0.1, 0.15) is 6.61 Å². The highest BCUT2D eigenvalue weighted by Crippen LogP contribution is 1.97. The van der Waals surface area contributed by atoms with E-state index >= 15 is 0 Å². The fourth-order valence-electron chi connectivity index (χ4n) is 1.19. The number of unbranched alkanes of at least 4 members (excludes halogenated alkanes) is 3. The molecule has 0 atom stereocenters. The van der Waals surface area contributed by atoms with Gasteiger partial charge in [0.25, 0.3) is 6.02 Å². The van der Waals surface area contributed by atoms with E-state index in [9.17, 15) is 0 Å². The van der Waals surface area contributed by atoms with Gasteiger partial charge in [0.2, 0.25) is 0 Å². The first-order valence-electron chi connectivity index (χ1n) is 4.84. The average molecular weight is 170 g/mol. The minimum atomic E-state index is 0.742. The number of amidine groups is 1. The van der Waals surface area contributed by atoms with Crippen LogP contribution in [-0.2, 0) is 4.74 Å². The summed E-state index contributed by atoms with van der Waals surface area (Å²) in [7, 11) is 0. The predicted molar refractivity (Wildman–Crippen MR) is 50.4 cm³/mol. The van der Waals surface area contributed by atoms with E-state index in [1.165, 1.54) is 25.7 Å². The van der Waals surface area contributed by atoms with E-state index in [1.54, 1.807) is 0 Å². The van der Waals surface area contributed by atoms with Crippen LogP contribution < -0.4 is 5.32 Å². The number of hydrogen-bond acceptors (Lipinski definition) is 3. The van der Waals surface area contributed by atoms with Gasteiger partial charge in [0, 0.05) is 6.54 Å². The van der Waals surface area contributed by atoms with Crippen LogP contribution in [0.2, 0.25) is 0 Å². The summed E-state index contributed by atoms with van der Waals surface area (Å²) in [5, 5.41) is 3.17. The quantitative estimate of drug-likeness (QED) is 0.635. The first-order chi connectivity index (χ1) is 5.93. The maximum Gasteiger partial charge on any atom is 0.284 e. The van der Waals surface area contributed by atoms with E-state index in [0.717, 1.165) is 25.7 Å². The van der Waals surface area contributed by atoms with Gasteiger partial charge in [-0.05, 0) is 6.42 Å². The van der Waals surface area contributed by atoms with Gasteiger partial charge in [0.15, 0.2) is 0 Å². The third kappa shape index (κ3) is 3.60. The molecule has 1 aliphatic heterocycles. The third-order valence-electron chi connectivity index (χ3n) is 1.89. The molecule has 0 unspecified atom stereocenters. The van der Waals surface area contributed by atoms with Gasteiger partial charge in [-0.1, -0.05) is 26.2 Å². The second-order valence-electron chi connectivity index (χ2n) is 3.02. The van der Waals surface area contributed by atoms with Crippen LogP contribution in [0.15, 0.2) is 4.99 Å². The van der Waals surface area contributed by atoms with Crippen molar-refractivity contribution in [2.75, 3.05) is 19.7 Å². The van der Waals surface area contributed by atoms with Crippen molar-refractivity contribution in [2.24, 2.45) is 4.99 Å². The Kier molecular flexibility index (Phi) is 4.57. The SMILES string of the molecule is CCCCCCNC1=NCCO1. The van der Waals surface area contributed by atoms with E-state index in [-0.39, 0.29) is 0 Å². The van der Waals surface area contributed by atoms with E-state index in [0.29, 0.717) is 0 Å². The number of nitrogens with one attached hydrogen (secondary N) is 1. The fraction of sp³-hybridized carbons (Fsp3) is 0.889. The van der Waals surface area contributed by atoms with Crippen molar-refractivity contribution in [3.63, 3.8) is 0 Å². The summed E-state index contributed by atoms with van der Waals surface area (Å²) in [5.41, 5.74) is 0. The highest BCUT2D eigenvalue weighted by Gasteiger charge is 2.04. The molecule has 0 aromatic carbocycles. The summed E-state index contributed by atoms with van der Waals surface area (Å²) in [5.74, 6) is 0. The van der Waals surface area contributed by atoms with E-state index in [1.807, 2.05) is 0 Å². The Hall–Kier alpha value is -0.730. The van der Waals surface area contributed by atoms with Gasteiger partial charge in [-0.3, -0.25) is 0 Å². The summed E-state index contributed by atoms with van der Waals surface area (Å²) in [6.45, 7) is 4.78. The second-order valence-corrected chi connectivity index (χ2v) is 3.02. The topological polar surface area (TPSA) is 33.6 Å². The summed E-state index contributed by atoms with van der Waals surface area (Å²) in [4.78, 5) is 4.14. The normalized spacial score (nSPS) is 15.6. The number of nitrogens with zero attached hydrogens (tertiary/aromatic N) is 1. The number of hydrogen-bond donors (Lipinski definition) is 1. The molecule has 1 N–H and O–H groups in total. The molecule has 1 heterocycles. The average Bonchev–Trinajstić information content (AvgIpc) is 2.57. The zero-order valence-corrected chi connectivity index (χ0v) is 7.81. The molecule has 0 radical (unpaired) electrons. The molecule has 0 aliphatic carbocycles. The Morgan fingerprint density at radius 1 is 1.42 bits per heavy atom. The molecule has 0 fully saturated rings. The first kappa shape index (κ1) is 9.36. The Balaban J connectivity index is 1.88. The van der Waals surface area contributed by atoms with Crippen LogP contribution in [0.1, 0.15) is 32.6 Å². The van der Waals surface area contributed by atoms with E-state index in [2.05, 4.69) is 17.2 Å². The standard InChI is InChI=1S/C9H18N2O/c1-2-3-4-5-6-10-9-11-7-8-12-9/h2-8H2,1H3,(H,10,11). The predicted octanol–water partition coefficient (Wildman–Crippen LogP) is 1.54. The number of rotatable bonds is 5. The van der Waals surface area contributed by atoms with Gasteiger partial charge in [-0.25, -0.2) is 4.99 Å². The molecule has 3 nitrogen and oxygen atoms in total. The van der Waals surface area contributed by atoms with Crippen LogP contribution >= 0.6 is 0 Å². The molecule has 12 heavy (non-hydrogen) atoms. The van der Waals surface area contributed by atoms with Gasteiger partial charge in [-0.2, -0.15) is 0 Å². The largest absolute Gasteiger partial charge is 0.463 e. The van der Waals surface area contributed by atoms with Crippen molar-refractivity contribution in [3.8, 4) is 0 Å². The van der Waals surface area contributed by atoms with Crippen molar-refractivity contribution in [1.29, 1.82) is 0 Å². The van der Waals surface area contributed by atoms with Crippen molar-refractivity contribution >= 4 is 6.02 Å². The first-order valence-corrected chi connectivity index (χ1v) is 4.84. The van der Waals surface area contributed by atoms with Crippen molar-refractivity contribution < 1.29 is 4.74 Å². The molecule has 0 aromatic heterocycles. The maximum absolute atomic E-state index is 5.20.